The van der Waals surface area contributed by atoms with E-state index in [-0.39, 0.29) is 42.0 Å². The number of hydrogen-bond acceptors (Lipinski definition) is 4. The molecule has 2 aliphatic rings. The first-order valence-corrected chi connectivity index (χ1v) is 8.97. The van der Waals surface area contributed by atoms with Crippen molar-refractivity contribution in [3.8, 4) is 0 Å². The summed E-state index contributed by atoms with van der Waals surface area (Å²) in [6.45, 7) is 1.79. The number of methoxy groups -OCH3 is 1. The Labute approximate surface area is 156 Å². The number of benzene rings is 1. The summed E-state index contributed by atoms with van der Waals surface area (Å²) in [5.41, 5.74) is 1.29. The van der Waals surface area contributed by atoms with Gasteiger partial charge in [-0.05, 0) is 23.8 Å². The van der Waals surface area contributed by atoms with E-state index in [1.807, 2.05) is 11.0 Å². The number of carbonyl (C=O) groups is 1. The highest BCUT2D eigenvalue weighted by Gasteiger charge is 2.49. The lowest BCUT2D eigenvalue weighted by Crippen LogP contribution is -2.37. The Morgan fingerprint density at radius 1 is 1.26 bits per heavy atom. The lowest BCUT2D eigenvalue weighted by molar-refractivity contribution is -0.136. The summed E-state index contributed by atoms with van der Waals surface area (Å²) in [5, 5.41) is 0. The van der Waals surface area contributed by atoms with E-state index >= 15 is 0 Å². The van der Waals surface area contributed by atoms with Gasteiger partial charge in [0, 0.05) is 44.8 Å². The van der Waals surface area contributed by atoms with Crippen LogP contribution in [0.1, 0.15) is 11.6 Å². The number of aromatic nitrogens is 1. The zero-order valence-electron chi connectivity index (χ0n) is 15.0. The number of fused-ring (bicyclic) bond motifs is 1. The fraction of sp³-hybridized carbons (Fsp3) is 0.400. The van der Waals surface area contributed by atoms with E-state index in [0.29, 0.717) is 25.3 Å². The van der Waals surface area contributed by atoms with Crippen LogP contribution in [0.2, 0.25) is 0 Å². The summed E-state index contributed by atoms with van der Waals surface area (Å²) >= 11 is 0. The third kappa shape index (κ3) is 3.27. The first-order chi connectivity index (χ1) is 13.1. The second-order valence-corrected chi connectivity index (χ2v) is 7.13. The van der Waals surface area contributed by atoms with Gasteiger partial charge in [-0.15, -0.1) is 0 Å². The minimum Gasteiger partial charge on any atom is -0.375 e. The van der Waals surface area contributed by atoms with Crippen molar-refractivity contribution in [1.82, 2.24) is 9.88 Å². The van der Waals surface area contributed by atoms with E-state index in [4.69, 9.17) is 4.74 Å². The predicted molar refractivity (Wildman–Crippen MR) is 96.1 cm³/mol. The largest absolute Gasteiger partial charge is 0.375 e. The molecule has 1 amide bonds. The Hall–Kier alpha value is -2.54. The Bertz CT molecular complexity index is 847. The summed E-state index contributed by atoms with van der Waals surface area (Å²) in [6.07, 6.45) is 2.78. The molecule has 0 saturated carbocycles. The second kappa shape index (κ2) is 7.23. The van der Waals surface area contributed by atoms with Gasteiger partial charge in [0.15, 0.2) is 5.82 Å². The van der Waals surface area contributed by atoms with Gasteiger partial charge in [0.25, 0.3) is 0 Å². The van der Waals surface area contributed by atoms with Crippen molar-refractivity contribution < 1.29 is 18.3 Å². The Balaban J connectivity index is 1.65. The molecule has 3 atom stereocenters. The maximum absolute atomic E-state index is 14.2. The van der Waals surface area contributed by atoms with Gasteiger partial charge in [-0.2, -0.15) is 0 Å². The van der Waals surface area contributed by atoms with Gasteiger partial charge in [0.2, 0.25) is 5.91 Å². The molecule has 3 heterocycles. The van der Waals surface area contributed by atoms with E-state index in [2.05, 4.69) is 4.98 Å². The van der Waals surface area contributed by atoms with Crippen LogP contribution >= 0.6 is 0 Å². The molecule has 0 aliphatic carbocycles. The zero-order chi connectivity index (χ0) is 19.0. The van der Waals surface area contributed by atoms with Gasteiger partial charge in [-0.3, -0.25) is 9.78 Å². The van der Waals surface area contributed by atoms with E-state index in [9.17, 15) is 13.6 Å². The lowest BCUT2D eigenvalue weighted by atomic mass is 9.89. The quantitative estimate of drug-likeness (QED) is 0.827. The smallest absolute Gasteiger partial charge is 0.249 e. The minimum atomic E-state index is -0.355. The van der Waals surface area contributed by atoms with Gasteiger partial charge >= 0.3 is 0 Å². The number of likely N-dealkylation sites (tertiary alicyclic amines) is 1. The summed E-state index contributed by atoms with van der Waals surface area (Å²) < 4.78 is 33.0. The van der Waals surface area contributed by atoms with Gasteiger partial charge in [-0.1, -0.05) is 12.1 Å². The highest BCUT2D eigenvalue weighted by atomic mass is 19.1. The molecule has 1 aromatic heterocycles. The maximum atomic E-state index is 14.2. The minimum absolute atomic E-state index is 0.00600. The molecule has 27 heavy (non-hydrogen) atoms. The average molecular weight is 373 g/mol. The molecular weight excluding hydrogens is 352 g/mol. The fourth-order valence-corrected chi connectivity index (χ4v) is 4.45. The number of nitrogens with zero attached hydrogens (tertiary/aromatic N) is 3. The molecule has 0 spiro atoms. The summed E-state index contributed by atoms with van der Waals surface area (Å²) in [4.78, 5) is 20.2. The van der Waals surface area contributed by atoms with Gasteiger partial charge in [-0.25, -0.2) is 8.78 Å². The Kier molecular flexibility index (Phi) is 4.78. The number of hydrogen-bond donors (Lipinski definition) is 0. The maximum Gasteiger partial charge on any atom is 0.249 e. The first-order valence-electron chi connectivity index (χ1n) is 8.97. The molecule has 2 saturated heterocycles. The normalized spacial score (nSPS) is 24.3. The Morgan fingerprint density at radius 2 is 2.11 bits per heavy atom. The molecular formula is C20H21F2N3O2. The van der Waals surface area contributed by atoms with Crippen molar-refractivity contribution >= 4 is 11.6 Å². The van der Waals surface area contributed by atoms with Gasteiger partial charge in [0.05, 0.1) is 17.9 Å². The van der Waals surface area contributed by atoms with Crippen LogP contribution in [0.3, 0.4) is 0 Å². The van der Waals surface area contributed by atoms with Crippen LogP contribution in [0.15, 0.2) is 42.7 Å². The van der Waals surface area contributed by atoms with Crippen LogP contribution in [-0.4, -0.2) is 49.1 Å². The summed E-state index contributed by atoms with van der Waals surface area (Å²) in [6, 6.07) is 7.80. The molecule has 142 valence electrons. The fourth-order valence-electron chi connectivity index (χ4n) is 4.45. The van der Waals surface area contributed by atoms with E-state index < -0.39 is 0 Å². The number of carbonyl (C=O) groups excluding carboxylic acids is 1. The molecule has 4 rings (SSSR count). The SMILES string of the molecule is COCC(=O)N1C[C@H]2CN(c3ccncc3F)C[C@H]2[C@@H]1c1cccc(F)c1. The van der Waals surface area contributed by atoms with E-state index in [0.717, 1.165) is 5.56 Å². The van der Waals surface area contributed by atoms with E-state index in [1.165, 1.54) is 25.4 Å². The topological polar surface area (TPSA) is 45.7 Å². The van der Waals surface area contributed by atoms with Crippen LogP contribution in [0.5, 0.6) is 0 Å². The summed E-state index contributed by atoms with van der Waals surface area (Å²) in [7, 11) is 1.49. The monoisotopic (exact) mass is 373 g/mol. The molecule has 5 nitrogen and oxygen atoms in total. The second-order valence-electron chi connectivity index (χ2n) is 7.13. The van der Waals surface area contributed by atoms with Crippen molar-refractivity contribution in [1.29, 1.82) is 0 Å². The number of anilines is 1. The van der Waals surface area contributed by atoms with Crippen molar-refractivity contribution in [2.45, 2.75) is 6.04 Å². The molecule has 0 unspecified atom stereocenters. The number of amides is 1. The van der Waals surface area contributed by atoms with E-state index in [1.54, 1.807) is 23.2 Å². The highest BCUT2D eigenvalue weighted by molar-refractivity contribution is 5.78. The van der Waals surface area contributed by atoms with Crippen molar-refractivity contribution in [3.63, 3.8) is 0 Å². The Morgan fingerprint density at radius 3 is 2.85 bits per heavy atom. The third-order valence-corrected chi connectivity index (χ3v) is 5.53. The van der Waals surface area contributed by atoms with Crippen LogP contribution in [-0.2, 0) is 9.53 Å². The zero-order valence-corrected chi connectivity index (χ0v) is 15.0. The van der Waals surface area contributed by atoms with Crippen molar-refractivity contribution in [2.75, 3.05) is 38.3 Å². The molecule has 2 aliphatic heterocycles. The number of rotatable bonds is 4. The molecule has 7 heteroatoms. The lowest BCUT2D eigenvalue weighted by Gasteiger charge is -2.30. The number of pyridine rings is 1. The first kappa shape index (κ1) is 17.9. The van der Waals surface area contributed by atoms with Crippen LogP contribution < -0.4 is 4.90 Å². The number of ether oxygens (including phenoxy) is 1. The highest BCUT2D eigenvalue weighted by Crippen LogP contribution is 2.46. The standard InChI is InChI=1S/C20H21F2N3O2/c1-27-12-19(26)25-10-14-9-24(18-5-6-23-8-17(18)22)11-16(14)20(25)13-3-2-4-15(21)7-13/h2-8,14,16,20H,9-12H2,1H3/t14-,16-,20+/m1/s1. The van der Waals surface area contributed by atoms with Crippen molar-refractivity contribution in [2.24, 2.45) is 11.8 Å². The third-order valence-electron chi connectivity index (χ3n) is 5.53. The number of halogens is 2. The molecule has 1 aromatic carbocycles. The predicted octanol–water partition coefficient (Wildman–Crippen LogP) is 2.64. The van der Waals surface area contributed by atoms with Gasteiger partial charge < -0.3 is 14.5 Å². The van der Waals surface area contributed by atoms with Crippen molar-refractivity contribution in [3.05, 3.63) is 59.9 Å². The molecule has 0 bridgehead atoms. The molecule has 0 N–H and O–H groups in total. The van der Waals surface area contributed by atoms with Crippen LogP contribution in [0, 0.1) is 23.5 Å². The molecule has 2 fully saturated rings. The molecule has 0 radical (unpaired) electrons. The average Bonchev–Trinajstić information content (AvgIpc) is 3.20. The van der Waals surface area contributed by atoms with Gasteiger partial charge in [0.1, 0.15) is 12.4 Å². The van der Waals surface area contributed by atoms with Crippen LogP contribution in [0.4, 0.5) is 14.5 Å². The van der Waals surface area contributed by atoms with Crippen LogP contribution in [0.25, 0.3) is 0 Å². The molecule has 2 aromatic rings. The summed E-state index contributed by atoms with van der Waals surface area (Å²) in [5.74, 6) is -0.508.